The second-order valence-electron chi connectivity index (χ2n) is 7.15. The molecule has 118 valence electrons. The van der Waals surface area contributed by atoms with E-state index in [1.165, 1.54) is 0 Å². The number of hydrogen-bond acceptors (Lipinski definition) is 3. The van der Waals surface area contributed by atoms with Crippen LogP contribution >= 0.6 is 0 Å². The molecule has 0 aromatic carbocycles. The zero-order valence-corrected chi connectivity index (χ0v) is 13.6. The van der Waals surface area contributed by atoms with E-state index in [1.54, 1.807) is 7.11 Å². The van der Waals surface area contributed by atoms with E-state index >= 15 is 0 Å². The van der Waals surface area contributed by atoms with E-state index in [-0.39, 0.29) is 17.9 Å². The van der Waals surface area contributed by atoms with Crippen molar-refractivity contribution >= 4 is 5.91 Å². The molecule has 1 aliphatic carbocycles. The number of ether oxygens (including phenoxy) is 1. The number of rotatable bonds is 6. The van der Waals surface area contributed by atoms with Gasteiger partial charge in [-0.3, -0.25) is 4.79 Å². The van der Waals surface area contributed by atoms with Gasteiger partial charge in [-0.25, -0.2) is 0 Å². The molecule has 0 saturated heterocycles. The highest BCUT2D eigenvalue weighted by Gasteiger charge is 2.32. The summed E-state index contributed by atoms with van der Waals surface area (Å²) in [5.41, 5.74) is 5.93. The zero-order chi connectivity index (χ0) is 15.2. The smallest absolute Gasteiger partial charge is 0.223 e. The van der Waals surface area contributed by atoms with E-state index in [1.807, 2.05) is 0 Å². The van der Waals surface area contributed by atoms with E-state index in [9.17, 15) is 4.79 Å². The largest absolute Gasteiger partial charge is 0.383 e. The van der Waals surface area contributed by atoms with Gasteiger partial charge in [0, 0.05) is 13.0 Å². The first-order valence-electron chi connectivity index (χ1n) is 7.87. The standard InChI is InChI=1S/C16H32N2O2/c1-16(2,3)13-7-5-12(6-8-13)15(19)18-14(9-10-17)11-20-4/h12-14H,5-11,17H2,1-4H3,(H,18,19). The van der Waals surface area contributed by atoms with Crippen molar-refractivity contribution in [3.05, 3.63) is 0 Å². The molecule has 4 nitrogen and oxygen atoms in total. The Morgan fingerprint density at radius 2 is 1.90 bits per heavy atom. The molecule has 1 rings (SSSR count). The maximum absolute atomic E-state index is 12.3. The van der Waals surface area contributed by atoms with Crippen LogP contribution in [0.2, 0.25) is 0 Å². The topological polar surface area (TPSA) is 64.3 Å². The molecule has 0 spiro atoms. The highest BCUT2D eigenvalue weighted by molar-refractivity contribution is 5.79. The van der Waals surface area contributed by atoms with Gasteiger partial charge in [-0.15, -0.1) is 0 Å². The number of amides is 1. The second-order valence-corrected chi connectivity index (χ2v) is 7.15. The normalized spacial score (nSPS) is 25.2. The Balaban J connectivity index is 2.42. The predicted octanol–water partition coefficient (Wildman–Crippen LogP) is 2.32. The number of nitrogens with one attached hydrogen (secondary N) is 1. The molecule has 1 fully saturated rings. The van der Waals surface area contributed by atoms with E-state index < -0.39 is 0 Å². The van der Waals surface area contributed by atoms with Crippen LogP contribution in [0.15, 0.2) is 0 Å². The van der Waals surface area contributed by atoms with E-state index in [0.717, 1.165) is 38.0 Å². The minimum atomic E-state index is 0.0536. The third-order valence-electron chi connectivity index (χ3n) is 4.55. The summed E-state index contributed by atoms with van der Waals surface area (Å²) in [4.78, 5) is 12.3. The summed E-state index contributed by atoms with van der Waals surface area (Å²) in [5, 5.41) is 3.10. The summed E-state index contributed by atoms with van der Waals surface area (Å²) >= 11 is 0. The van der Waals surface area contributed by atoms with Gasteiger partial charge in [0.1, 0.15) is 0 Å². The lowest BCUT2D eigenvalue weighted by Gasteiger charge is -2.36. The molecule has 1 aliphatic rings. The summed E-state index contributed by atoms with van der Waals surface area (Å²) < 4.78 is 5.14. The van der Waals surface area contributed by atoms with Crippen molar-refractivity contribution in [3.8, 4) is 0 Å². The maximum Gasteiger partial charge on any atom is 0.223 e. The molecule has 0 aromatic rings. The molecule has 1 unspecified atom stereocenters. The van der Waals surface area contributed by atoms with Crippen molar-refractivity contribution in [1.29, 1.82) is 0 Å². The summed E-state index contributed by atoms with van der Waals surface area (Å²) in [6.07, 6.45) is 5.12. The molecule has 20 heavy (non-hydrogen) atoms. The van der Waals surface area contributed by atoms with Crippen molar-refractivity contribution in [2.45, 2.75) is 58.9 Å². The van der Waals surface area contributed by atoms with Gasteiger partial charge in [-0.2, -0.15) is 0 Å². The van der Waals surface area contributed by atoms with Gasteiger partial charge in [0.15, 0.2) is 0 Å². The molecular weight excluding hydrogens is 252 g/mol. The van der Waals surface area contributed by atoms with Crippen LogP contribution in [0, 0.1) is 17.3 Å². The van der Waals surface area contributed by atoms with Crippen molar-refractivity contribution in [2.75, 3.05) is 20.3 Å². The van der Waals surface area contributed by atoms with Crippen molar-refractivity contribution in [3.63, 3.8) is 0 Å². The third kappa shape index (κ3) is 5.41. The van der Waals surface area contributed by atoms with Crippen LogP contribution in [-0.4, -0.2) is 32.2 Å². The van der Waals surface area contributed by atoms with E-state index in [4.69, 9.17) is 10.5 Å². The maximum atomic E-state index is 12.3. The first-order valence-corrected chi connectivity index (χ1v) is 7.87. The molecule has 3 N–H and O–H groups in total. The Kier molecular flexibility index (Phi) is 6.96. The van der Waals surface area contributed by atoms with Crippen molar-refractivity contribution in [1.82, 2.24) is 5.32 Å². The van der Waals surface area contributed by atoms with E-state index in [0.29, 0.717) is 18.6 Å². The Hall–Kier alpha value is -0.610. The average Bonchev–Trinajstić information content (AvgIpc) is 2.38. The van der Waals surface area contributed by atoms with Crippen LogP contribution in [0.1, 0.15) is 52.9 Å². The van der Waals surface area contributed by atoms with Gasteiger partial charge in [0.25, 0.3) is 0 Å². The molecule has 0 aromatic heterocycles. The van der Waals surface area contributed by atoms with Gasteiger partial charge in [0.05, 0.1) is 12.6 Å². The molecule has 0 radical (unpaired) electrons. The lowest BCUT2D eigenvalue weighted by atomic mass is 9.69. The fourth-order valence-corrected chi connectivity index (χ4v) is 3.14. The van der Waals surface area contributed by atoms with Crippen LogP contribution < -0.4 is 11.1 Å². The highest BCUT2D eigenvalue weighted by atomic mass is 16.5. The quantitative estimate of drug-likeness (QED) is 0.786. The van der Waals surface area contributed by atoms with Crippen LogP contribution in [0.25, 0.3) is 0 Å². The van der Waals surface area contributed by atoms with Crippen LogP contribution in [0.4, 0.5) is 0 Å². The molecule has 4 heteroatoms. The van der Waals surface area contributed by atoms with Crippen molar-refractivity contribution < 1.29 is 9.53 Å². The summed E-state index contributed by atoms with van der Waals surface area (Å²) in [5.74, 6) is 1.10. The second kappa shape index (κ2) is 7.99. The molecular formula is C16H32N2O2. The van der Waals surface area contributed by atoms with Crippen LogP contribution in [0.5, 0.6) is 0 Å². The van der Waals surface area contributed by atoms with E-state index in [2.05, 4.69) is 26.1 Å². The number of hydrogen-bond donors (Lipinski definition) is 2. The Bertz CT molecular complexity index is 285. The fraction of sp³-hybridized carbons (Fsp3) is 0.938. The van der Waals surface area contributed by atoms with Crippen LogP contribution in [-0.2, 0) is 9.53 Å². The molecule has 1 amide bonds. The predicted molar refractivity (Wildman–Crippen MR) is 82.4 cm³/mol. The zero-order valence-electron chi connectivity index (χ0n) is 13.6. The van der Waals surface area contributed by atoms with Crippen LogP contribution in [0.3, 0.4) is 0 Å². The van der Waals surface area contributed by atoms with Gasteiger partial charge >= 0.3 is 0 Å². The minimum absolute atomic E-state index is 0.0536. The van der Waals surface area contributed by atoms with Gasteiger partial charge < -0.3 is 15.8 Å². The fourth-order valence-electron chi connectivity index (χ4n) is 3.14. The van der Waals surface area contributed by atoms with Gasteiger partial charge in [-0.1, -0.05) is 20.8 Å². The number of carbonyl (C=O) groups is 1. The number of methoxy groups -OCH3 is 1. The average molecular weight is 284 g/mol. The Labute approximate surface area is 123 Å². The lowest BCUT2D eigenvalue weighted by Crippen LogP contribution is -2.43. The highest BCUT2D eigenvalue weighted by Crippen LogP contribution is 2.39. The Morgan fingerprint density at radius 1 is 1.30 bits per heavy atom. The van der Waals surface area contributed by atoms with Crippen molar-refractivity contribution in [2.24, 2.45) is 23.0 Å². The molecule has 0 heterocycles. The molecule has 0 bridgehead atoms. The number of nitrogens with two attached hydrogens (primary N) is 1. The SMILES string of the molecule is COCC(CCN)NC(=O)C1CCC(C(C)(C)C)CC1. The first-order chi connectivity index (χ1) is 9.38. The Morgan fingerprint density at radius 3 is 2.35 bits per heavy atom. The lowest BCUT2D eigenvalue weighted by molar-refractivity contribution is -0.127. The number of carbonyl (C=O) groups excluding carboxylic acids is 1. The summed E-state index contributed by atoms with van der Waals surface area (Å²) in [6.45, 7) is 8.02. The molecule has 1 atom stereocenters. The third-order valence-corrected chi connectivity index (χ3v) is 4.55. The monoisotopic (exact) mass is 284 g/mol. The minimum Gasteiger partial charge on any atom is -0.383 e. The van der Waals surface area contributed by atoms with Gasteiger partial charge in [-0.05, 0) is 50.0 Å². The molecule has 0 aliphatic heterocycles. The van der Waals surface area contributed by atoms with Gasteiger partial charge in [0.2, 0.25) is 5.91 Å². The molecule has 1 saturated carbocycles. The summed E-state index contributed by atoms with van der Waals surface area (Å²) in [7, 11) is 1.66. The summed E-state index contributed by atoms with van der Waals surface area (Å²) in [6, 6.07) is 0.0536. The first kappa shape index (κ1) is 17.4.